The molecular formula is C16H17F2N3. The third-order valence-electron chi connectivity index (χ3n) is 3.17. The summed E-state index contributed by atoms with van der Waals surface area (Å²) in [6.07, 6.45) is 0.367. The molecule has 0 saturated carbocycles. The highest BCUT2D eigenvalue weighted by atomic mass is 19.2. The van der Waals surface area contributed by atoms with Crippen LogP contribution in [-0.4, -0.2) is 12.4 Å². The number of amidine groups is 1. The smallest absolute Gasteiger partial charge is 0.163 e. The van der Waals surface area contributed by atoms with Gasteiger partial charge in [0.2, 0.25) is 0 Å². The molecule has 3 nitrogen and oxygen atoms in total. The van der Waals surface area contributed by atoms with Gasteiger partial charge < -0.3 is 10.6 Å². The Bertz CT molecular complexity index is 614. The number of nitrogens with one attached hydrogen (secondary N) is 1. The van der Waals surface area contributed by atoms with E-state index in [9.17, 15) is 8.78 Å². The van der Waals surface area contributed by atoms with Crippen LogP contribution in [0.5, 0.6) is 0 Å². The Morgan fingerprint density at radius 2 is 1.76 bits per heavy atom. The van der Waals surface area contributed by atoms with Crippen molar-refractivity contribution in [2.45, 2.75) is 13.0 Å². The molecule has 0 saturated heterocycles. The Kier molecular flexibility index (Phi) is 4.87. The van der Waals surface area contributed by atoms with E-state index in [0.29, 0.717) is 13.0 Å². The molecule has 2 aromatic carbocycles. The minimum Gasteiger partial charge on any atom is -0.388 e. The molecule has 3 N–H and O–H groups in total. The highest BCUT2D eigenvalue weighted by molar-refractivity contribution is 5.77. The number of benzene rings is 2. The fourth-order valence-electron chi connectivity index (χ4n) is 2.07. The van der Waals surface area contributed by atoms with Crippen molar-refractivity contribution in [2.24, 2.45) is 5.73 Å². The van der Waals surface area contributed by atoms with Crippen molar-refractivity contribution in [2.75, 3.05) is 11.4 Å². The van der Waals surface area contributed by atoms with E-state index < -0.39 is 11.6 Å². The number of nitrogens with zero attached hydrogens (tertiary/aromatic N) is 1. The Hall–Kier alpha value is -2.43. The topological polar surface area (TPSA) is 53.1 Å². The minimum absolute atomic E-state index is 0.0654. The number of para-hydroxylation sites is 1. The Balaban J connectivity index is 2.23. The lowest BCUT2D eigenvalue weighted by atomic mass is 10.1. The fourth-order valence-corrected chi connectivity index (χ4v) is 2.07. The second-order valence-corrected chi connectivity index (χ2v) is 4.75. The van der Waals surface area contributed by atoms with Crippen LogP contribution in [0.4, 0.5) is 14.5 Å². The van der Waals surface area contributed by atoms with Gasteiger partial charge in [0.15, 0.2) is 11.6 Å². The zero-order valence-corrected chi connectivity index (χ0v) is 11.5. The summed E-state index contributed by atoms with van der Waals surface area (Å²) < 4.78 is 27.1. The molecule has 2 rings (SSSR count). The van der Waals surface area contributed by atoms with Crippen LogP contribution in [0.25, 0.3) is 0 Å². The monoisotopic (exact) mass is 289 g/mol. The summed E-state index contributed by atoms with van der Waals surface area (Å²) in [6, 6.07) is 13.5. The lowest BCUT2D eigenvalue weighted by Gasteiger charge is -2.25. The molecule has 0 spiro atoms. The minimum atomic E-state index is -0.855. The van der Waals surface area contributed by atoms with E-state index in [0.717, 1.165) is 11.8 Å². The van der Waals surface area contributed by atoms with Crippen LogP contribution in [0.1, 0.15) is 12.0 Å². The lowest BCUT2D eigenvalue weighted by molar-refractivity contribution is 0.497. The molecule has 0 amide bonds. The van der Waals surface area contributed by atoms with Crippen molar-refractivity contribution in [1.29, 1.82) is 5.41 Å². The molecule has 0 aromatic heterocycles. The summed E-state index contributed by atoms with van der Waals surface area (Å²) >= 11 is 0. The van der Waals surface area contributed by atoms with E-state index in [-0.39, 0.29) is 17.9 Å². The van der Waals surface area contributed by atoms with Crippen LogP contribution in [-0.2, 0) is 6.54 Å². The number of nitrogens with two attached hydrogens (primary N) is 1. The second-order valence-electron chi connectivity index (χ2n) is 4.75. The molecule has 2 aromatic rings. The van der Waals surface area contributed by atoms with Gasteiger partial charge in [0, 0.05) is 30.8 Å². The largest absolute Gasteiger partial charge is 0.388 e. The summed E-state index contributed by atoms with van der Waals surface area (Å²) in [7, 11) is 0. The maximum Gasteiger partial charge on any atom is 0.163 e. The number of hydrogen-bond acceptors (Lipinski definition) is 2. The Morgan fingerprint density at radius 1 is 1.05 bits per heavy atom. The van der Waals surface area contributed by atoms with E-state index in [4.69, 9.17) is 11.1 Å². The van der Waals surface area contributed by atoms with Gasteiger partial charge in [0.25, 0.3) is 0 Å². The molecule has 0 heterocycles. The quantitative estimate of drug-likeness (QED) is 0.633. The van der Waals surface area contributed by atoms with Crippen LogP contribution in [0.2, 0.25) is 0 Å². The molecule has 5 heteroatoms. The molecule has 0 aliphatic rings. The van der Waals surface area contributed by atoms with Gasteiger partial charge in [-0.2, -0.15) is 0 Å². The van der Waals surface area contributed by atoms with Gasteiger partial charge in [0.05, 0.1) is 5.84 Å². The average molecular weight is 289 g/mol. The fraction of sp³-hybridized carbons (Fsp3) is 0.188. The number of hydrogen-bond donors (Lipinski definition) is 2. The highest BCUT2D eigenvalue weighted by Crippen LogP contribution is 2.19. The maximum absolute atomic E-state index is 13.8. The van der Waals surface area contributed by atoms with Crippen molar-refractivity contribution in [3.8, 4) is 0 Å². The van der Waals surface area contributed by atoms with Gasteiger partial charge in [-0.25, -0.2) is 8.78 Å². The van der Waals surface area contributed by atoms with Gasteiger partial charge in [-0.1, -0.05) is 30.3 Å². The first kappa shape index (κ1) is 15.0. The van der Waals surface area contributed by atoms with Crippen molar-refractivity contribution in [1.82, 2.24) is 0 Å². The molecule has 21 heavy (non-hydrogen) atoms. The SMILES string of the molecule is N=C(N)CCN(Cc1cccc(F)c1F)c1ccccc1. The van der Waals surface area contributed by atoms with E-state index in [1.807, 2.05) is 35.2 Å². The van der Waals surface area contributed by atoms with Crippen LogP contribution in [0.15, 0.2) is 48.5 Å². The summed E-state index contributed by atoms with van der Waals surface area (Å²) in [5, 5.41) is 7.32. The normalized spacial score (nSPS) is 10.4. The lowest BCUT2D eigenvalue weighted by Crippen LogP contribution is -2.28. The van der Waals surface area contributed by atoms with Crippen molar-refractivity contribution in [3.63, 3.8) is 0 Å². The first-order valence-electron chi connectivity index (χ1n) is 6.63. The van der Waals surface area contributed by atoms with Gasteiger partial charge in [-0.3, -0.25) is 5.41 Å². The van der Waals surface area contributed by atoms with Crippen LogP contribution in [0, 0.1) is 17.0 Å². The molecule has 0 bridgehead atoms. The summed E-state index contributed by atoms with van der Waals surface area (Å²) in [4.78, 5) is 1.87. The summed E-state index contributed by atoms with van der Waals surface area (Å²) in [5.41, 5.74) is 6.55. The molecule has 0 aliphatic carbocycles. The van der Waals surface area contributed by atoms with Crippen LogP contribution >= 0.6 is 0 Å². The van der Waals surface area contributed by atoms with Gasteiger partial charge in [-0.05, 0) is 18.2 Å². The van der Waals surface area contributed by atoms with E-state index in [1.54, 1.807) is 6.07 Å². The first-order chi connectivity index (χ1) is 10.1. The summed E-state index contributed by atoms with van der Waals surface area (Å²) in [6.45, 7) is 0.691. The van der Waals surface area contributed by atoms with Gasteiger partial charge >= 0.3 is 0 Å². The number of anilines is 1. The molecule has 0 aliphatic heterocycles. The van der Waals surface area contributed by atoms with Crippen LogP contribution in [0.3, 0.4) is 0 Å². The van der Waals surface area contributed by atoms with E-state index >= 15 is 0 Å². The van der Waals surface area contributed by atoms with Crippen molar-refractivity contribution in [3.05, 3.63) is 65.7 Å². The predicted octanol–water partition coefficient (Wildman–Crippen LogP) is 3.30. The zero-order chi connectivity index (χ0) is 15.2. The number of halogens is 2. The van der Waals surface area contributed by atoms with Gasteiger partial charge in [0.1, 0.15) is 0 Å². The standard InChI is InChI=1S/C16H17F2N3/c17-14-8-4-5-12(16(14)18)11-21(10-9-15(19)20)13-6-2-1-3-7-13/h1-8H,9-11H2,(H3,19,20). The second kappa shape index (κ2) is 6.83. The Labute approximate surface area is 122 Å². The third kappa shape index (κ3) is 4.02. The van der Waals surface area contributed by atoms with Crippen molar-refractivity contribution >= 4 is 11.5 Å². The maximum atomic E-state index is 13.8. The Morgan fingerprint density at radius 3 is 2.43 bits per heavy atom. The average Bonchev–Trinajstić information content (AvgIpc) is 2.48. The van der Waals surface area contributed by atoms with Crippen molar-refractivity contribution < 1.29 is 8.78 Å². The molecule has 0 radical (unpaired) electrons. The molecule has 0 unspecified atom stereocenters. The van der Waals surface area contributed by atoms with E-state index in [1.165, 1.54) is 6.07 Å². The van der Waals surface area contributed by atoms with Crippen LogP contribution < -0.4 is 10.6 Å². The van der Waals surface area contributed by atoms with Gasteiger partial charge in [-0.15, -0.1) is 0 Å². The number of rotatable bonds is 6. The predicted molar refractivity (Wildman–Crippen MR) is 80.4 cm³/mol. The van der Waals surface area contributed by atoms with E-state index in [2.05, 4.69) is 0 Å². The third-order valence-corrected chi connectivity index (χ3v) is 3.17. The molecule has 0 atom stereocenters. The zero-order valence-electron chi connectivity index (χ0n) is 11.5. The molecular weight excluding hydrogens is 272 g/mol. The first-order valence-corrected chi connectivity index (χ1v) is 6.63. The highest BCUT2D eigenvalue weighted by Gasteiger charge is 2.13. The molecule has 110 valence electrons. The summed E-state index contributed by atoms with van der Waals surface area (Å²) in [5.74, 6) is -1.62. The molecule has 0 fully saturated rings.